The van der Waals surface area contributed by atoms with E-state index in [1.165, 1.54) is 11.1 Å². The average molecular weight is 262 g/mol. The van der Waals surface area contributed by atoms with Gasteiger partial charge in [-0.25, -0.2) is 0 Å². The molecule has 1 unspecified atom stereocenters. The highest BCUT2D eigenvalue weighted by atomic mass is 16.1. The van der Waals surface area contributed by atoms with Gasteiger partial charge in [-0.2, -0.15) is 0 Å². The zero-order valence-electron chi connectivity index (χ0n) is 12.5. The topological polar surface area (TPSA) is 55.1 Å². The molecular weight excluding hydrogens is 236 g/mol. The summed E-state index contributed by atoms with van der Waals surface area (Å²) in [7, 11) is 1.66. The zero-order valence-corrected chi connectivity index (χ0v) is 12.5. The summed E-state index contributed by atoms with van der Waals surface area (Å²) in [5.74, 6) is 0.330. The Bertz CT molecular complexity index is 404. The molecule has 0 aliphatic carbocycles. The highest BCUT2D eigenvalue weighted by Crippen LogP contribution is 2.26. The highest BCUT2D eigenvalue weighted by molar-refractivity contribution is 5.75. The van der Waals surface area contributed by atoms with Gasteiger partial charge in [0.1, 0.15) is 0 Å². The smallest absolute Gasteiger partial charge is 0.219 e. The van der Waals surface area contributed by atoms with Crippen LogP contribution in [0.15, 0.2) is 24.3 Å². The molecule has 1 aromatic rings. The summed E-state index contributed by atoms with van der Waals surface area (Å²) in [6.07, 6.45) is 1.32. The molecule has 1 atom stereocenters. The van der Waals surface area contributed by atoms with Crippen molar-refractivity contribution in [1.82, 2.24) is 5.32 Å². The largest absolute Gasteiger partial charge is 0.359 e. The third-order valence-electron chi connectivity index (χ3n) is 3.53. The molecule has 19 heavy (non-hydrogen) atoms. The fourth-order valence-corrected chi connectivity index (χ4v) is 2.11. The van der Waals surface area contributed by atoms with Gasteiger partial charge in [0.05, 0.1) is 0 Å². The van der Waals surface area contributed by atoms with Gasteiger partial charge < -0.3 is 11.1 Å². The van der Waals surface area contributed by atoms with Crippen molar-refractivity contribution in [3.8, 4) is 0 Å². The predicted octanol–water partition coefficient (Wildman–Crippen LogP) is 2.55. The van der Waals surface area contributed by atoms with E-state index in [9.17, 15) is 4.79 Å². The van der Waals surface area contributed by atoms with E-state index < -0.39 is 0 Å². The number of nitrogens with two attached hydrogens (primary N) is 1. The van der Waals surface area contributed by atoms with Gasteiger partial charge in [-0.05, 0) is 35.4 Å². The molecule has 3 heteroatoms. The number of rotatable bonds is 5. The maximum Gasteiger partial charge on any atom is 0.219 e. The molecule has 0 spiro atoms. The minimum Gasteiger partial charge on any atom is -0.359 e. The molecule has 1 amide bonds. The van der Waals surface area contributed by atoms with Crippen molar-refractivity contribution in [2.24, 2.45) is 5.73 Å². The second-order valence-corrected chi connectivity index (χ2v) is 6.02. The molecule has 0 saturated heterocycles. The molecule has 3 nitrogen and oxygen atoms in total. The van der Waals surface area contributed by atoms with Crippen LogP contribution in [0.1, 0.15) is 50.7 Å². The highest BCUT2D eigenvalue weighted by Gasteiger charge is 2.15. The minimum absolute atomic E-state index is 0.0739. The molecule has 0 saturated carbocycles. The van der Waals surface area contributed by atoms with Crippen molar-refractivity contribution in [2.75, 3.05) is 13.6 Å². The van der Waals surface area contributed by atoms with Gasteiger partial charge >= 0.3 is 0 Å². The molecule has 1 aromatic carbocycles. The van der Waals surface area contributed by atoms with Gasteiger partial charge in [-0.1, -0.05) is 45.0 Å². The second-order valence-electron chi connectivity index (χ2n) is 6.02. The number of nitrogens with one attached hydrogen (secondary N) is 1. The Labute approximate surface area is 116 Å². The maximum atomic E-state index is 11.3. The van der Waals surface area contributed by atoms with E-state index in [0.717, 1.165) is 6.42 Å². The number of carbonyl (C=O) groups is 1. The summed E-state index contributed by atoms with van der Waals surface area (Å²) in [6, 6.07) is 8.61. The first kappa shape index (κ1) is 15.7. The summed E-state index contributed by atoms with van der Waals surface area (Å²) in [5, 5.41) is 2.65. The lowest BCUT2D eigenvalue weighted by Crippen LogP contribution is -2.20. The minimum atomic E-state index is 0.0739. The Morgan fingerprint density at radius 3 is 2.26 bits per heavy atom. The molecule has 0 fully saturated rings. The predicted molar refractivity (Wildman–Crippen MR) is 80.2 cm³/mol. The summed E-state index contributed by atoms with van der Waals surface area (Å²) in [4.78, 5) is 11.3. The third-order valence-corrected chi connectivity index (χ3v) is 3.53. The van der Waals surface area contributed by atoms with Crippen LogP contribution in [-0.2, 0) is 10.2 Å². The van der Waals surface area contributed by atoms with Gasteiger partial charge in [-0.3, -0.25) is 4.79 Å². The van der Waals surface area contributed by atoms with Crippen LogP contribution in [0.3, 0.4) is 0 Å². The Kier molecular flexibility index (Phi) is 5.55. The SMILES string of the molecule is CNC(=O)CCC(CN)c1ccc(C(C)(C)C)cc1. The zero-order chi connectivity index (χ0) is 14.5. The quantitative estimate of drug-likeness (QED) is 0.857. The van der Waals surface area contributed by atoms with Crippen LogP contribution >= 0.6 is 0 Å². The van der Waals surface area contributed by atoms with Crippen molar-refractivity contribution in [3.63, 3.8) is 0 Å². The monoisotopic (exact) mass is 262 g/mol. The number of hydrogen-bond acceptors (Lipinski definition) is 2. The van der Waals surface area contributed by atoms with E-state index in [1.807, 2.05) is 0 Å². The van der Waals surface area contributed by atoms with Gasteiger partial charge in [-0.15, -0.1) is 0 Å². The van der Waals surface area contributed by atoms with Crippen LogP contribution in [0, 0.1) is 0 Å². The summed E-state index contributed by atoms with van der Waals surface area (Å²) >= 11 is 0. The molecule has 1 rings (SSSR count). The molecule has 0 radical (unpaired) electrons. The Morgan fingerprint density at radius 2 is 1.84 bits per heavy atom. The maximum absolute atomic E-state index is 11.3. The first-order valence-electron chi connectivity index (χ1n) is 6.89. The van der Waals surface area contributed by atoms with Gasteiger partial charge in [0.15, 0.2) is 0 Å². The van der Waals surface area contributed by atoms with Crippen molar-refractivity contribution < 1.29 is 4.79 Å². The van der Waals surface area contributed by atoms with E-state index in [2.05, 4.69) is 50.4 Å². The lowest BCUT2D eigenvalue weighted by Gasteiger charge is -2.21. The van der Waals surface area contributed by atoms with Crippen molar-refractivity contribution in [2.45, 2.75) is 44.9 Å². The van der Waals surface area contributed by atoms with Gasteiger partial charge in [0.25, 0.3) is 0 Å². The van der Waals surface area contributed by atoms with Crippen LogP contribution in [0.5, 0.6) is 0 Å². The summed E-state index contributed by atoms with van der Waals surface area (Å²) < 4.78 is 0. The van der Waals surface area contributed by atoms with E-state index in [-0.39, 0.29) is 17.2 Å². The second kappa shape index (κ2) is 6.71. The summed E-state index contributed by atoms with van der Waals surface area (Å²) in [6.45, 7) is 7.18. The lowest BCUT2D eigenvalue weighted by atomic mass is 9.85. The van der Waals surface area contributed by atoms with E-state index >= 15 is 0 Å². The molecule has 0 aliphatic rings. The van der Waals surface area contributed by atoms with E-state index in [1.54, 1.807) is 7.05 Å². The van der Waals surface area contributed by atoms with Crippen LogP contribution in [0.2, 0.25) is 0 Å². The molecule has 0 bridgehead atoms. The Hall–Kier alpha value is -1.35. The van der Waals surface area contributed by atoms with Gasteiger partial charge in [0, 0.05) is 13.5 Å². The van der Waals surface area contributed by atoms with Crippen molar-refractivity contribution in [3.05, 3.63) is 35.4 Å². The number of benzene rings is 1. The van der Waals surface area contributed by atoms with Crippen LogP contribution in [0.4, 0.5) is 0 Å². The van der Waals surface area contributed by atoms with E-state index in [0.29, 0.717) is 13.0 Å². The van der Waals surface area contributed by atoms with E-state index in [4.69, 9.17) is 5.73 Å². The standard InChI is InChI=1S/C16H26N2O/c1-16(2,3)14-8-5-12(6-9-14)13(11-17)7-10-15(19)18-4/h5-6,8-9,13H,7,10-11,17H2,1-4H3,(H,18,19). The third kappa shape index (κ3) is 4.67. The van der Waals surface area contributed by atoms with Crippen molar-refractivity contribution in [1.29, 1.82) is 0 Å². The lowest BCUT2D eigenvalue weighted by molar-refractivity contribution is -0.120. The number of carbonyl (C=O) groups excluding carboxylic acids is 1. The first-order valence-corrected chi connectivity index (χ1v) is 6.89. The molecule has 0 aromatic heterocycles. The van der Waals surface area contributed by atoms with Gasteiger partial charge in [0.2, 0.25) is 5.91 Å². The molecule has 3 N–H and O–H groups in total. The van der Waals surface area contributed by atoms with Crippen molar-refractivity contribution >= 4 is 5.91 Å². The normalized spacial score (nSPS) is 13.1. The molecule has 0 aliphatic heterocycles. The first-order chi connectivity index (χ1) is 8.88. The fraction of sp³-hybridized carbons (Fsp3) is 0.562. The number of hydrogen-bond donors (Lipinski definition) is 2. The average Bonchev–Trinajstić information content (AvgIpc) is 2.38. The molecular formula is C16H26N2O. The van der Waals surface area contributed by atoms with Crippen LogP contribution < -0.4 is 11.1 Å². The van der Waals surface area contributed by atoms with Crippen LogP contribution in [0.25, 0.3) is 0 Å². The Morgan fingerprint density at radius 1 is 1.26 bits per heavy atom. The molecule has 106 valence electrons. The van der Waals surface area contributed by atoms with Crippen LogP contribution in [-0.4, -0.2) is 19.5 Å². The Balaban J connectivity index is 2.74. The number of amides is 1. The fourth-order valence-electron chi connectivity index (χ4n) is 2.11. The molecule has 0 heterocycles. The summed E-state index contributed by atoms with van der Waals surface area (Å²) in [5.41, 5.74) is 8.53.